The summed E-state index contributed by atoms with van der Waals surface area (Å²) in [5, 5.41) is 0. The number of carbonyl (C=O) groups is 1. The molecule has 0 aliphatic rings. The molecule has 0 radical (unpaired) electrons. The molecule has 0 spiro atoms. The van der Waals surface area contributed by atoms with Gasteiger partial charge in [0.05, 0.1) is 0 Å². The number of aryl methyl sites for hydroxylation is 2. The van der Waals surface area contributed by atoms with Gasteiger partial charge in [-0.2, -0.15) is 0 Å². The zero-order chi connectivity index (χ0) is 17.1. The first kappa shape index (κ1) is 17.0. The maximum absolute atomic E-state index is 12.2. The Kier molecular flexibility index (Phi) is 5.26. The average Bonchev–Trinajstić information content (AvgIpc) is 2.59. The van der Waals surface area contributed by atoms with Gasteiger partial charge in [0.2, 0.25) is 0 Å². The van der Waals surface area contributed by atoms with E-state index in [2.05, 4.69) is 74.5 Å². The fourth-order valence-electron chi connectivity index (χ4n) is 2.78. The first-order valence-corrected chi connectivity index (χ1v) is 13.3. The summed E-state index contributed by atoms with van der Waals surface area (Å²) in [4.78, 5) is 12.2. The second kappa shape index (κ2) is 7.40. The van der Waals surface area contributed by atoms with E-state index in [0.717, 1.165) is 5.56 Å². The maximum atomic E-state index is 12.2. The van der Waals surface area contributed by atoms with Crippen molar-refractivity contribution in [1.29, 1.82) is 0 Å². The number of carbonyl (C=O) groups excluding carboxylic acids is 1. The molecule has 2 heteroatoms. The average molecular weight is 510 g/mol. The summed E-state index contributed by atoms with van der Waals surface area (Å²) in [6, 6.07) is 25.9. The van der Waals surface area contributed by atoms with Crippen LogP contribution in [-0.2, 0) is 0 Å². The molecule has 0 unspecified atom stereocenters. The minimum absolute atomic E-state index is 0.157. The topological polar surface area (TPSA) is 17.1 Å². The van der Waals surface area contributed by atoms with Crippen molar-refractivity contribution in [3.8, 4) is 0 Å². The Labute approximate surface area is 152 Å². The van der Waals surface area contributed by atoms with Gasteiger partial charge in [0.25, 0.3) is 0 Å². The molecule has 0 aliphatic carbocycles. The zero-order valence-electron chi connectivity index (χ0n) is 14.3. The van der Waals surface area contributed by atoms with E-state index in [1.165, 1.54) is 20.9 Å². The van der Waals surface area contributed by atoms with E-state index in [4.69, 9.17) is 0 Å². The quantitative estimate of drug-likeness (QED) is 0.390. The molecule has 3 aromatic rings. The molecule has 3 aromatic carbocycles. The van der Waals surface area contributed by atoms with Crippen molar-refractivity contribution in [3.63, 3.8) is 0 Å². The van der Waals surface area contributed by atoms with E-state index in [1.807, 2.05) is 12.1 Å². The number of ketones is 1. The molecule has 0 bridgehead atoms. The van der Waals surface area contributed by atoms with Gasteiger partial charge >= 0.3 is 152 Å². The molecular formula is C22H21BiO. The van der Waals surface area contributed by atoms with Gasteiger partial charge in [0.15, 0.2) is 0 Å². The van der Waals surface area contributed by atoms with Gasteiger partial charge in [-0.25, -0.2) is 0 Å². The summed E-state index contributed by atoms with van der Waals surface area (Å²) in [6.07, 6.45) is 0. The third kappa shape index (κ3) is 3.65. The fourth-order valence-corrected chi connectivity index (χ4v) is 12.3. The predicted octanol–water partition coefficient (Wildman–Crippen LogP) is 3.02. The van der Waals surface area contributed by atoms with Crippen LogP contribution >= 0.6 is 0 Å². The Bertz CT molecular complexity index is 802. The van der Waals surface area contributed by atoms with E-state index in [0.29, 0.717) is 0 Å². The molecule has 0 amide bonds. The molecule has 3 rings (SSSR count). The van der Waals surface area contributed by atoms with Crippen LogP contribution in [0.25, 0.3) is 0 Å². The van der Waals surface area contributed by atoms with Crippen molar-refractivity contribution < 1.29 is 4.79 Å². The van der Waals surface area contributed by atoms with E-state index in [9.17, 15) is 4.79 Å². The van der Waals surface area contributed by atoms with Gasteiger partial charge in [0, 0.05) is 0 Å². The summed E-state index contributed by atoms with van der Waals surface area (Å²) in [7, 11) is 0. The number of hydrogen-bond acceptors (Lipinski definition) is 1. The second-order valence-corrected chi connectivity index (χ2v) is 14.6. The van der Waals surface area contributed by atoms with Crippen LogP contribution in [0.15, 0.2) is 72.8 Å². The second-order valence-electron chi connectivity index (χ2n) is 6.08. The van der Waals surface area contributed by atoms with Crippen molar-refractivity contribution in [1.82, 2.24) is 0 Å². The van der Waals surface area contributed by atoms with Crippen molar-refractivity contribution in [3.05, 3.63) is 89.5 Å². The van der Waals surface area contributed by atoms with Gasteiger partial charge in [0.1, 0.15) is 0 Å². The van der Waals surface area contributed by atoms with Crippen LogP contribution in [0.1, 0.15) is 28.4 Å². The predicted molar refractivity (Wildman–Crippen MR) is 103 cm³/mol. The van der Waals surface area contributed by atoms with Crippen LogP contribution in [0.4, 0.5) is 0 Å². The summed E-state index contributed by atoms with van der Waals surface area (Å²) >= 11 is -2.47. The van der Waals surface area contributed by atoms with Gasteiger partial charge in [-0.15, -0.1) is 0 Å². The molecule has 24 heavy (non-hydrogen) atoms. The van der Waals surface area contributed by atoms with Gasteiger partial charge in [-0.05, 0) is 0 Å². The molecule has 0 fully saturated rings. The molecule has 0 aromatic heterocycles. The van der Waals surface area contributed by atoms with E-state index >= 15 is 0 Å². The monoisotopic (exact) mass is 510 g/mol. The van der Waals surface area contributed by atoms with Crippen molar-refractivity contribution >= 4 is 37.3 Å². The summed E-state index contributed by atoms with van der Waals surface area (Å²) in [5.74, 6) is 0.157. The Morgan fingerprint density at radius 1 is 0.708 bits per heavy atom. The molecule has 0 saturated heterocycles. The summed E-state index contributed by atoms with van der Waals surface area (Å²) in [6.45, 7) is 5.90. The number of benzene rings is 3. The van der Waals surface area contributed by atoms with Crippen LogP contribution in [-0.4, -0.2) is 27.5 Å². The van der Waals surface area contributed by atoms with Crippen LogP contribution in [0.5, 0.6) is 0 Å². The van der Waals surface area contributed by atoms with Gasteiger partial charge < -0.3 is 0 Å². The van der Waals surface area contributed by atoms with Gasteiger partial charge in [-0.1, -0.05) is 0 Å². The van der Waals surface area contributed by atoms with Crippen molar-refractivity contribution in [2.75, 3.05) is 0 Å². The molecule has 0 N–H and O–H groups in total. The SMILES string of the molecule is CC(=O)c1cccc[c]1[Bi]([c]1ccc(C)cc1)[c]1ccc(C)cc1. The minimum atomic E-state index is -2.47. The summed E-state index contributed by atoms with van der Waals surface area (Å²) in [5.41, 5.74) is 3.43. The van der Waals surface area contributed by atoms with Crippen molar-refractivity contribution in [2.24, 2.45) is 0 Å². The molecule has 0 saturated carbocycles. The van der Waals surface area contributed by atoms with E-state index in [-0.39, 0.29) is 5.78 Å². The Morgan fingerprint density at radius 2 is 1.17 bits per heavy atom. The molecule has 0 atom stereocenters. The molecule has 0 aliphatic heterocycles. The van der Waals surface area contributed by atoms with E-state index < -0.39 is 21.8 Å². The first-order chi connectivity index (χ1) is 11.6. The standard InChI is InChI=1S/C8H7O.2C7H7.Bi/c1-7(9)8-5-3-2-4-6-8;2*1-7-5-3-2-4-6-7;/h2-5H,1H3;2*3-6H,1H3;. The fraction of sp³-hybridized carbons (Fsp3) is 0.136. The summed E-state index contributed by atoms with van der Waals surface area (Å²) < 4.78 is 4.09. The van der Waals surface area contributed by atoms with Crippen LogP contribution in [0, 0.1) is 13.8 Å². The first-order valence-electron chi connectivity index (χ1n) is 8.10. The van der Waals surface area contributed by atoms with Crippen LogP contribution in [0.3, 0.4) is 0 Å². The Balaban J connectivity index is 2.21. The molecule has 0 heterocycles. The van der Waals surface area contributed by atoms with Crippen LogP contribution in [0.2, 0.25) is 0 Å². The molecule has 120 valence electrons. The Hall–Kier alpha value is -1.79. The normalized spacial score (nSPS) is 10.8. The zero-order valence-corrected chi connectivity index (χ0v) is 17.8. The van der Waals surface area contributed by atoms with E-state index in [1.54, 1.807) is 6.92 Å². The molecule has 1 nitrogen and oxygen atoms in total. The van der Waals surface area contributed by atoms with Crippen molar-refractivity contribution in [2.45, 2.75) is 20.8 Å². The van der Waals surface area contributed by atoms with Crippen LogP contribution < -0.4 is 9.81 Å². The number of rotatable bonds is 4. The number of hydrogen-bond donors (Lipinski definition) is 0. The Morgan fingerprint density at radius 3 is 1.62 bits per heavy atom. The van der Waals surface area contributed by atoms with Gasteiger partial charge in [-0.3, -0.25) is 0 Å². The number of Topliss-reactive ketones (excluding diaryl/α,β-unsaturated/α-hetero) is 1. The molecular weight excluding hydrogens is 489 g/mol. The third-order valence-electron chi connectivity index (χ3n) is 4.11. The third-order valence-corrected chi connectivity index (χ3v) is 13.8.